The van der Waals surface area contributed by atoms with Crippen LogP contribution in [0.2, 0.25) is 0 Å². The molecule has 124 valence electrons. The third-order valence-electron chi connectivity index (χ3n) is 4.53. The topological polar surface area (TPSA) is 95.8 Å². The van der Waals surface area contributed by atoms with Gasteiger partial charge in [-0.3, -0.25) is 14.4 Å². The van der Waals surface area contributed by atoms with Crippen LogP contribution in [-0.4, -0.2) is 65.2 Å². The van der Waals surface area contributed by atoms with Crippen molar-refractivity contribution in [3.05, 3.63) is 17.8 Å². The number of likely N-dealkylation sites (tertiary alicyclic amines) is 2. The third-order valence-corrected chi connectivity index (χ3v) is 4.53. The molecule has 3 rings (SSSR count). The zero-order valence-corrected chi connectivity index (χ0v) is 13.2. The summed E-state index contributed by atoms with van der Waals surface area (Å²) in [6, 6.07) is -0.0157. The second kappa shape index (κ2) is 6.02. The van der Waals surface area contributed by atoms with E-state index in [0.29, 0.717) is 37.5 Å². The number of carbonyl (C=O) groups is 3. The summed E-state index contributed by atoms with van der Waals surface area (Å²) in [6.07, 6.45) is 2.13. The van der Waals surface area contributed by atoms with Crippen molar-refractivity contribution in [3.8, 4) is 0 Å². The van der Waals surface area contributed by atoms with Gasteiger partial charge in [0.05, 0.1) is 12.0 Å². The van der Waals surface area contributed by atoms with Crippen LogP contribution in [0, 0.1) is 5.92 Å². The second-order valence-electron chi connectivity index (χ2n) is 5.90. The Bertz CT molecular complexity index is 635. The molecule has 0 radical (unpaired) electrons. The number of carbonyl (C=O) groups excluding carboxylic acids is 3. The number of aromatic nitrogens is 1. The number of amides is 3. The molecular weight excluding hydrogens is 300 g/mol. The van der Waals surface area contributed by atoms with Crippen molar-refractivity contribution >= 4 is 17.7 Å². The van der Waals surface area contributed by atoms with Crippen LogP contribution in [-0.2, 0) is 16.0 Å². The molecule has 0 aliphatic carbocycles. The number of oxazole rings is 1. The normalized spacial score (nSPS) is 21.5. The lowest BCUT2D eigenvalue weighted by Crippen LogP contribution is -2.61. The van der Waals surface area contributed by atoms with Gasteiger partial charge in [-0.25, -0.2) is 4.98 Å². The van der Waals surface area contributed by atoms with Gasteiger partial charge in [-0.2, -0.15) is 0 Å². The fourth-order valence-corrected chi connectivity index (χ4v) is 3.13. The number of hydrogen-bond acceptors (Lipinski definition) is 5. The van der Waals surface area contributed by atoms with Crippen LogP contribution in [0.3, 0.4) is 0 Å². The summed E-state index contributed by atoms with van der Waals surface area (Å²) in [5.74, 6) is -0.00844. The van der Waals surface area contributed by atoms with E-state index < -0.39 is 0 Å². The maximum Gasteiger partial charge on any atom is 0.276 e. The first-order valence-electron chi connectivity index (χ1n) is 7.77. The van der Waals surface area contributed by atoms with E-state index in [2.05, 4.69) is 10.3 Å². The van der Waals surface area contributed by atoms with Crippen molar-refractivity contribution in [3.63, 3.8) is 0 Å². The molecular formula is C15H20N4O4. The van der Waals surface area contributed by atoms with Gasteiger partial charge in [-0.05, 0) is 0 Å². The Morgan fingerprint density at radius 2 is 2.13 bits per heavy atom. The van der Waals surface area contributed by atoms with E-state index in [4.69, 9.17) is 4.42 Å². The molecule has 3 amide bonds. The molecule has 3 heterocycles. The Balaban J connectivity index is 1.58. The molecule has 2 aliphatic rings. The number of aryl methyl sites for hydroxylation is 1. The first-order valence-corrected chi connectivity index (χ1v) is 7.77. The highest BCUT2D eigenvalue weighted by molar-refractivity contribution is 5.94. The minimum atomic E-state index is -0.292. The van der Waals surface area contributed by atoms with Crippen LogP contribution < -0.4 is 5.32 Å². The van der Waals surface area contributed by atoms with Gasteiger partial charge in [0.25, 0.3) is 5.91 Å². The van der Waals surface area contributed by atoms with E-state index in [1.54, 1.807) is 16.8 Å². The van der Waals surface area contributed by atoms with Gasteiger partial charge in [0.2, 0.25) is 11.8 Å². The molecule has 0 saturated carbocycles. The molecule has 1 aromatic heterocycles. The number of nitrogens with one attached hydrogen (secondary N) is 1. The van der Waals surface area contributed by atoms with Crippen molar-refractivity contribution in [2.75, 3.05) is 26.7 Å². The fourth-order valence-electron chi connectivity index (χ4n) is 3.13. The predicted octanol–water partition coefficient (Wildman–Crippen LogP) is -0.344. The smallest absolute Gasteiger partial charge is 0.276 e. The Kier molecular flexibility index (Phi) is 4.06. The summed E-state index contributed by atoms with van der Waals surface area (Å²) < 4.78 is 5.18. The molecule has 8 nitrogen and oxygen atoms in total. The molecule has 0 bridgehead atoms. The van der Waals surface area contributed by atoms with E-state index in [9.17, 15) is 14.4 Å². The molecule has 23 heavy (non-hydrogen) atoms. The third kappa shape index (κ3) is 2.69. The molecule has 2 aliphatic heterocycles. The van der Waals surface area contributed by atoms with Gasteiger partial charge in [0, 0.05) is 39.5 Å². The summed E-state index contributed by atoms with van der Waals surface area (Å²) in [6.45, 7) is 3.27. The highest BCUT2D eigenvalue weighted by Gasteiger charge is 2.43. The van der Waals surface area contributed by atoms with E-state index in [1.165, 1.54) is 6.39 Å². The van der Waals surface area contributed by atoms with Gasteiger partial charge < -0.3 is 19.5 Å². The molecule has 1 N–H and O–H groups in total. The first-order chi connectivity index (χ1) is 11.0. The van der Waals surface area contributed by atoms with Gasteiger partial charge >= 0.3 is 0 Å². The summed E-state index contributed by atoms with van der Waals surface area (Å²) in [7, 11) is 1.57. The van der Waals surface area contributed by atoms with Gasteiger partial charge in [-0.1, -0.05) is 6.92 Å². The largest absolute Gasteiger partial charge is 0.448 e. The summed E-state index contributed by atoms with van der Waals surface area (Å²) >= 11 is 0. The highest BCUT2D eigenvalue weighted by Crippen LogP contribution is 2.26. The molecule has 0 aromatic carbocycles. The van der Waals surface area contributed by atoms with Gasteiger partial charge in [0.1, 0.15) is 5.76 Å². The van der Waals surface area contributed by atoms with Gasteiger partial charge in [-0.15, -0.1) is 0 Å². The lowest BCUT2D eigenvalue weighted by molar-refractivity contribution is -0.132. The molecule has 1 atom stereocenters. The fraction of sp³-hybridized carbons (Fsp3) is 0.600. The quantitative estimate of drug-likeness (QED) is 0.818. The van der Waals surface area contributed by atoms with Crippen molar-refractivity contribution in [1.29, 1.82) is 0 Å². The SMILES string of the molecule is CCc1ocnc1C(=O)N1CC(N2CC(C(=O)NC)CC2=O)C1. The van der Waals surface area contributed by atoms with E-state index in [1.807, 2.05) is 6.92 Å². The number of nitrogens with zero attached hydrogens (tertiary/aromatic N) is 3. The van der Waals surface area contributed by atoms with Crippen molar-refractivity contribution in [1.82, 2.24) is 20.1 Å². The summed E-state index contributed by atoms with van der Waals surface area (Å²) in [5, 5.41) is 2.58. The van der Waals surface area contributed by atoms with Crippen molar-refractivity contribution in [2.24, 2.45) is 5.92 Å². The van der Waals surface area contributed by atoms with Crippen LogP contribution >= 0.6 is 0 Å². The van der Waals surface area contributed by atoms with Gasteiger partial charge in [0.15, 0.2) is 12.1 Å². The predicted molar refractivity (Wildman–Crippen MR) is 79.5 cm³/mol. The zero-order valence-electron chi connectivity index (χ0n) is 13.2. The Morgan fingerprint density at radius 3 is 2.78 bits per heavy atom. The molecule has 1 unspecified atom stereocenters. The summed E-state index contributed by atoms with van der Waals surface area (Å²) in [4.78, 5) is 43.4. The molecule has 8 heteroatoms. The molecule has 2 fully saturated rings. The lowest BCUT2D eigenvalue weighted by atomic mass is 10.1. The van der Waals surface area contributed by atoms with E-state index in [-0.39, 0.29) is 36.1 Å². The maximum atomic E-state index is 12.4. The second-order valence-corrected chi connectivity index (χ2v) is 5.90. The van der Waals surface area contributed by atoms with Crippen molar-refractivity contribution in [2.45, 2.75) is 25.8 Å². The van der Waals surface area contributed by atoms with Crippen LogP contribution in [0.25, 0.3) is 0 Å². The zero-order chi connectivity index (χ0) is 16.6. The summed E-state index contributed by atoms with van der Waals surface area (Å²) in [5.41, 5.74) is 0.349. The minimum absolute atomic E-state index is 0.0157. The average Bonchev–Trinajstić information content (AvgIpc) is 3.11. The average molecular weight is 320 g/mol. The Hall–Kier alpha value is -2.38. The highest BCUT2D eigenvalue weighted by atomic mass is 16.3. The maximum absolute atomic E-state index is 12.4. The first kappa shape index (κ1) is 15.5. The molecule has 1 aromatic rings. The molecule has 2 saturated heterocycles. The monoisotopic (exact) mass is 320 g/mol. The Labute approximate surface area is 133 Å². The Morgan fingerprint density at radius 1 is 1.39 bits per heavy atom. The van der Waals surface area contributed by atoms with Crippen LogP contribution in [0.1, 0.15) is 29.6 Å². The number of rotatable bonds is 4. The van der Waals surface area contributed by atoms with Crippen molar-refractivity contribution < 1.29 is 18.8 Å². The van der Waals surface area contributed by atoms with Crippen LogP contribution in [0.5, 0.6) is 0 Å². The minimum Gasteiger partial charge on any atom is -0.448 e. The standard InChI is InChI=1S/C15H20N4O4/c1-3-11-13(17-8-23-11)15(22)18-6-10(7-18)19-5-9(4-12(19)20)14(21)16-2/h8-10H,3-7H2,1-2H3,(H,16,21). The lowest BCUT2D eigenvalue weighted by Gasteiger charge is -2.43. The van der Waals surface area contributed by atoms with E-state index in [0.717, 1.165) is 0 Å². The van der Waals surface area contributed by atoms with Crippen LogP contribution in [0.4, 0.5) is 0 Å². The van der Waals surface area contributed by atoms with Crippen LogP contribution in [0.15, 0.2) is 10.8 Å². The molecule has 0 spiro atoms. The number of hydrogen-bond donors (Lipinski definition) is 1. The van der Waals surface area contributed by atoms with E-state index >= 15 is 0 Å².